The normalized spacial score (nSPS) is 14.5. The highest BCUT2D eigenvalue weighted by molar-refractivity contribution is 6.91. The van der Waals surface area contributed by atoms with Crippen molar-refractivity contribution in [2.75, 3.05) is 0 Å². The average molecular weight is 434 g/mol. The molecule has 0 saturated carbocycles. The molecule has 0 unspecified atom stereocenters. The molecule has 0 saturated heterocycles. The zero-order valence-corrected chi connectivity index (χ0v) is 22.9. The Balaban J connectivity index is 2.30. The molecule has 0 heterocycles. The predicted molar refractivity (Wildman–Crippen MR) is 143 cm³/mol. The largest absolute Gasteiger partial charge is 0.0776 e. The average Bonchev–Trinajstić information content (AvgIpc) is 3.00. The Morgan fingerprint density at radius 1 is 0.767 bits per heavy atom. The summed E-state index contributed by atoms with van der Waals surface area (Å²) in [5.74, 6) is 1.20. The number of hydrogen-bond acceptors (Lipinski definition) is 0. The molecule has 0 bridgehead atoms. The van der Waals surface area contributed by atoms with E-state index < -0.39 is 16.1 Å². The van der Waals surface area contributed by atoms with Crippen molar-refractivity contribution in [3.8, 4) is 11.1 Å². The van der Waals surface area contributed by atoms with Crippen LogP contribution in [0.2, 0.25) is 39.3 Å². The van der Waals surface area contributed by atoms with Crippen LogP contribution in [0.4, 0.5) is 0 Å². The fraction of sp³-hybridized carbons (Fsp3) is 0.464. The molecule has 1 radical (unpaired) electrons. The molecule has 161 valence electrons. The maximum Gasteiger partial charge on any atom is 0.0776 e. The maximum atomic E-state index is 2.55. The maximum absolute atomic E-state index is 2.55. The van der Waals surface area contributed by atoms with Gasteiger partial charge in [-0.1, -0.05) is 119 Å². The summed E-state index contributed by atoms with van der Waals surface area (Å²) in [7, 11) is -2.83. The first-order valence-electron chi connectivity index (χ1n) is 11.7. The Labute approximate surface area is 187 Å². The fourth-order valence-corrected chi connectivity index (χ4v) is 6.89. The summed E-state index contributed by atoms with van der Waals surface area (Å²) in [5, 5.41) is 3.19. The zero-order valence-electron chi connectivity index (χ0n) is 20.9. The lowest BCUT2D eigenvalue weighted by atomic mass is 9.87. The number of fused-ring (bicyclic) bond motifs is 1. The monoisotopic (exact) mass is 433 g/mol. The van der Waals surface area contributed by atoms with Crippen LogP contribution in [0.1, 0.15) is 56.7 Å². The second-order valence-electron chi connectivity index (χ2n) is 11.9. The highest BCUT2D eigenvalue weighted by Gasteiger charge is 2.26. The van der Waals surface area contributed by atoms with Crippen molar-refractivity contribution in [1.29, 1.82) is 0 Å². The van der Waals surface area contributed by atoms with Crippen LogP contribution in [0.3, 0.4) is 0 Å². The van der Waals surface area contributed by atoms with Gasteiger partial charge < -0.3 is 0 Å². The number of rotatable bonds is 6. The first kappa shape index (κ1) is 23.3. The van der Waals surface area contributed by atoms with Crippen molar-refractivity contribution >= 4 is 32.6 Å². The van der Waals surface area contributed by atoms with Gasteiger partial charge in [0.2, 0.25) is 0 Å². The van der Waals surface area contributed by atoms with Crippen LogP contribution >= 0.6 is 0 Å². The van der Waals surface area contributed by atoms with E-state index in [4.69, 9.17) is 0 Å². The summed E-state index contributed by atoms with van der Waals surface area (Å²) >= 11 is 0. The molecule has 0 fully saturated rings. The van der Waals surface area contributed by atoms with Crippen molar-refractivity contribution in [2.45, 2.75) is 79.3 Å². The summed E-state index contributed by atoms with van der Waals surface area (Å²) in [6, 6.07) is 12.3. The Bertz CT molecular complexity index is 931. The van der Waals surface area contributed by atoms with Crippen molar-refractivity contribution in [2.24, 2.45) is 5.92 Å². The fourth-order valence-electron chi connectivity index (χ4n) is 4.39. The lowest BCUT2D eigenvalue weighted by Crippen LogP contribution is -2.45. The summed E-state index contributed by atoms with van der Waals surface area (Å²) in [5.41, 5.74) is 8.75. The molecule has 0 spiro atoms. The van der Waals surface area contributed by atoms with Gasteiger partial charge in [-0.3, -0.25) is 0 Å². The van der Waals surface area contributed by atoms with Crippen LogP contribution in [-0.4, -0.2) is 16.1 Å². The molecule has 0 amide bonds. The number of hydrogen-bond donors (Lipinski definition) is 0. The third-order valence-corrected chi connectivity index (χ3v) is 10.2. The zero-order chi connectivity index (χ0) is 22.4. The van der Waals surface area contributed by atoms with E-state index in [0.29, 0.717) is 11.8 Å². The van der Waals surface area contributed by atoms with Gasteiger partial charge in [-0.05, 0) is 46.1 Å². The lowest BCUT2D eigenvalue weighted by molar-refractivity contribution is 0.649. The summed E-state index contributed by atoms with van der Waals surface area (Å²) in [6.45, 7) is 24.2. The molecule has 1 aliphatic rings. The number of allylic oxidation sites excluding steroid dienone is 1. The van der Waals surface area contributed by atoms with E-state index in [1.54, 1.807) is 10.4 Å². The van der Waals surface area contributed by atoms with Crippen LogP contribution in [0.25, 0.3) is 17.2 Å². The van der Waals surface area contributed by atoms with Gasteiger partial charge in [0.1, 0.15) is 0 Å². The van der Waals surface area contributed by atoms with Crippen molar-refractivity contribution in [1.82, 2.24) is 0 Å². The minimum atomic E-state index is -1.41. The van der Waals surface area contributed by atoms with Gasteiger partial charge in [0.15, 0.2) is 0 Å². The van der Waals surface area contributed by atoms with E-state index in [0.717, 1.165) is 6.42 Å². The molecule has 0 atom stereocenters. The first-order chi connectivity index (χ1) is 13.8. The lowest BCUT2D eigenvalue weighted by Gasteiger charge is -2.26. The molecular weight excluding hydrogens is 392 g/mol. The summed E-state index contributed by atoms with van der Waals surface area (Å²) < 4.78 is 0. The molecule has 2 aromatic rings. The second-order valence-corrected chi connectivity index (χ2v) is 22.1. The summed E-state index contributed by atoms with van der Waals surface area (Å²) in [6.07, 6.45) is 6.05. The Morgan fingerprint density at radius 2 is 1.33 bits per heavy atom. The van der Waals surface area contributed by atoms with E-state index in [9.17, 15) is 0 Å². The van der Waals surface area contributed by atoms with Gasteiger partial charge in [-0.25, -0.2) is 0 Å². The van der Waals surface area contributed by atoms with Gasteiger partial charge in [-0.15, -0.1) is 0 Å². The molecule has 2 aromatic carbocycles. The van der Waals surface area contributed by atoms with Gasteiger partial charge in [0.05, 0.1) is 16.1 Å². The van der Waals surface area contributed by atoms with Crippen LogP contribution in [0, 0.1) is 12.3 Å². The Morgan fingerprint density at radius 3 is 1.80 bits per heavy atom. The van der Waals surface area contributed by atoms with E-state index >= 15 is 0 Å². The van der Waals surface area contributed by atoms with E-state index in [2.05, 4.69) is 110 Å². The van der Waals surface area contributed by atoms with E-state index in [1.165, 1.54) is 33.4 Å². The number of benzene rings is 2. The minimum Gasteiger partial charge on any atom is -0.0656 e. The quantitative estimate of drug-likeness (QED) is 0.412. The van der Waals surface area contributed by atoms with Crippen molar-refractivity contribution in [3.05, 3.63) is 59.0 Å². The molecule has 0 aromatic heterocycles. The molecule has 0 nitrogen and oxygen atoms in total. The van der Waals surface area contributed by atoms with E-state index in [1.807, 2.05) is 0 Å². The molecule has 30 heavy (non-hydrogen) atoms. The molecular formula is C28H41Si2. The summed E-state index contributed by atoms with van der Waals surface area (Å²) in [4.78, 5) is 0. The SMILES string of the molecule is CC(C)CC1=Cc2c(ccc(C(C)C)c2-c2cc([Si](C)(C)C)cc([Si](C)(C)C)c2)[CH]1. The van der Waals surface area contributed by atoms with Crippen LogP contribution in [0.15, 0.2) is 35.9 Å². The Kier molecular flexibility index (Phi) is 6.42. The smallest absolute Gasteiger partial charge is 0.0656 e. The highest BCUT2D eigenvalue weighted by Crippen LogP contribution is 2.41. The standard InChI is InChI=1S/C28H41Si2/c1-19(2)13-21-14-22-11-12-26(20(3)4)28(27(22)15-21)23-16-24(29(5,6)7)18-25(17-23)30(8,9)10/h11-12,14-20H,13H2,1-10H3. The Hall–Kier alpha value is -1.39. The van der Waals surface area contributed by atoms with Crippen LogP contribution in [-0.2, 0) is 0 Å². The highest BCUT2D eigenvalue weighted by atomic mass is 28.3. The topological polar surface area (TPSA) is 0 Å². The molecule has 0 aliphatic heterocycles. The van der Waals surface area contributed by atoms with Crippen molar-refractivity contribution in [3.63, 3.8) is 0 Å². The van der Waals surface area contributed by atoms with Crippen LogP contribution in [0.5, 0.6) is 0 Å². The molecule has 3 rings (SSSR count). The first-order valence-corrected chi connectivity index (χ1v) is 18.7. The van der Waals surface area contributed by atoms with Gasteiger partial charge in [-0.2, -0.15) is 0 Å². The molecule has 2 heteroatoms. The van der Waals surface area contributed by atoms with E-state index in [-0.39, 0.29) is 0 Å². The minimum absolute atomic E-state index is 0.513. The third kappa shape index (κ3) is 4.91. The van der Waals surface area contributed by atoms with Crippen LogP contribution < -0.4 is 10.4 Å². The third-order valence-electron chi connectivity index (χ3n) is 6.20. The van der Waals surface area contributed by atoms with Gasteiger partial charge in [0.25, 0.3) is 0 Å². The molecule has 0 N–H and O–H groups in total. The van der Waals surface area contributed by atoms with Gasteiger partial charge in [0, 0.05) is 6.42 Å². The van der Waals surface area contributed by atoms with Crippen molar-refractivity contribution < 1.29 is 0 Å². The predicted octanol–water partition coefficient (Wildman–Crippen LogP) is 7.56. The second kappa shape index (κ2) is 8.28. The molecule has 1 aliphatic carbocycles. The van der Waals surface area contributed by atoms with Gasteiger partial charge >= 0.3 is 0 Å².